The second-order valence-electron chi connectivity index (χ2n) is 3.62. The molecule has 94 valence electrons. The van der Waals surface area contributed by atoms with Crippen molar-refractivity contribution in [3.8, 4) is 6.07 Å². The van der Waals surface area contributed by atoms with Crippen molar-refractivity contribution in [2.75, 3.05) is 6.54 Å². The molecule has 1 heterocycles. The number of nitrogens with two attached hydrogens (primary N) is 1. The molecule has 1 aliphatic rings. The first-order valence-electron chi connectivity index (χ1n) is 5.20. The molecule has 0 saturated carbocycles. The Bertz CT molecular complexity index is 533. The van der Waals surface area contributed by atoms with E-state index in [4.69, 9.17) is 16.4 Å². The highest BCUT2D eigenvalue weighted by Crippen LogP contribution is 2.29. The van der Waals surface area contributed by atoms with Gasteiger partial charge in [-0.3, -0.25) is 5.41 Å². The molecule has 6 heteroatoms. The predicted molar refractivity (Wildman–Crippen MR) is 80.5 cm³/mol. The summed E-state index contributed by atoms with van der Waals surface area (Å²) < 4.78 is 0. The first-order chi connectivity index (χ1) is 8.22. The van der Waals surface area contributed by atoms with E-state index in [-0.39, 0.29) is 22.1 Å². The number of halogens is 1. The van der Waals surface area contributed by atoms with Crippen LogP contribution in [0.2, 0.25) is 0 Å². The lowest BCUT2D eigenvalue weighted by molar-refractivity contribution is 0.814. The number of fused-ring (bicyclic) bond motifs is 1. The molecule has 2 rings (SSSR count). The van der Waals surface area contributed by atoms with E-state index in [0.29, 0.717) is 4.91 Å². The highest BCUT2D eigenvalue weighted by Gasteiger charge is 2.17. The summed E-state index contributed by atoms with van der Waals surface area (Å²) >= 11 is 0.987. The summed E-state index contributed by atoms with van der Waals surface area (Å²) in [6.07, 6.45) is 0.948. The van der Waals surface area contributed by atoms with Gasteiger partial charge >= 0.3 is 0 Å². The smallest absolute Gasteiger partial charge is 0.156 e. The Labute approximate surface area is 121 Å². The number of hydrogen-bond donors (Lipinski definition) is 3. The molecule has 0 radical (unpaired) electrons. The van der Waals surface area contributed by atoms with Gasteiger partial charge in [0.05, 0.1) is 5.70 Å². The molecule has 0 bridgehead atoms. The summed E-state index contributed by atoms with van der Waals surface area (Å²) in [7, 11) is 0. The highest BCUT2D eigenvalue weighted by molar-refractivity contribution is 8.93. The van der Waals surface area contributed by atoms with Crippen LogP contribution >= 0.6 is 28.7 Å². The van der Waals surface area contributed by atoms with Crippen LogP contribution in [0, 0.1) is 16.7 Å². The third kappa shape index (κ3) is 3.06. The molecule has 0 unspecified atom stereocenters. The maximum absolute atomic E-state index is 9.13. The standard InChI is InChI=1S/C12H12N4S.BrH/c13-7-10(17-12(14)15)11-9-4-2-1-3-8(9)5-6-16-11;/h1-4,16H,5-6H2,(H3,14,15);1H. The number of nitriles is 1. The van der Waals surface area contributed by atoms with Crippen molar-refractivity contribution in [1.82, 2.24) is 5.32 Å². The number of rotatable bonds is 1. The average molecular weight is 325 g/mol. The van der Waals surface area contributed by atoms with Crippen LogP contribution < -0.4 is 11.1 Å². The van der Waals surface area contributed by atoms with Crippen LogP contribution in [0.4, 0.5) is 0 Å². The SMILES string of the molecule is Br.N#CC(SC(=N)N)=C1NCCc2ccccc21. The van der Waals surface area contributed by atoms with Gasteiger partial charge in [-0.1, -0.05) is 24.3 Å². The summed E-state index contributed by atoms with van der Waals surface area (Å²) in [6, 6.07) is 10.1. The molecule has 0 aliphatic carbocycles. The van der Waals surface area contributed by atoms with Gasteiger partial charge < -0.3 is 11.1 Å². The molecule has 0 amide bonds. The van der Waals surface area contributed by atoms with Gasteiger partial charge in [0.25, 0.3) is 0 Å². The van der Waals surface area contributed by atoms with Crippen LogP contribution in [-0.2, 0) is 6.42 Å². The minimum atomic E-state index is -0.0705. The Morgan fingerprint density at radius 1 is 1.44 bits per heavy atom. The summed E-state index contributed by atoms with van der Waals surface area (Å²) in [4.78, 5) is 0.449. The maximum atomic E-state index is 9.13. The summed E-state index contributed by atoms with van der Waals surface area (Å²) in [5.74, 6) is 0. The quantitative estimate of drug-likeness (QED) is 0.420. The Hall–Kier alpha value is -1.45. The average Bonchev–Trinajstić information content (AvgIpc) is 2.35. The van der Waals surface area contributed by atoms with Crippen molar-refractivity contribution in [1.29, 1.82) is 10.7 Å². The predicted octanol–water partition coefficient (Wildman–Crippen LogP) is 2.23. The molecule has 0 spiro atoms. The Morgan fingerprint density at radius 2 is 2.17 bits per heavy atom. The Balaban J connectivity index is 0.00000162. The lowest BCUT2D eigenvalue weighted by Crippen LogP contribution is -2.23. The third-order valence-electron chi connectivity index (χ3n) is 2.52. The van der Waals surface area contributed by atoms with Crippen molar-refractivity contribution in [2.24, 2.45) is 5.73 Å². The number of hydrogen-bond acceptors (Lipinski definition) is 4. The first kappa shape index (κ1) is 14.6. The van der Waals surface area contributed by atoms with Gasteiger partial charge in [0.1, 0.15) is 11.0 Å². The highest BCUT2D eigenvalue weighted by atomic mass is 79.9. The molecule has 0 fully saturated rings. The zero-order valence-corrected chi connectivity index (χ0v) is 12.1. The van der Waals surface area contributed by atoms with Gasteiger partial charge in [-0.25, -0.2) is 0 Å². The second-order valence-corrected chi connectivity index (χ2v) is 4.67. The van der Waals surface area contributed by atoms with Crippen LogP contribution in [-0.4, -0.2) is 11.7 Å². The summed E-state index contributed by atoms with van der Waals surface area (Å²) in [6.45, 7) is 0.802. The minimum absolute atomic E-state index is 0. The van der Waals surface area contributed by atoms with Crippen LogP contribution in [0.25, 0.3) is 5.70 Å². The normalized spacial score (nSPS) is 15.5. The molecule has 4 nitrogen and oxygen atoms in total. The molecule has 0 aromatic heterocycles. The first-order valence-corrected chi connectivity index (χ1v) is 6.02. The molecule has 1 aliphatic heterocycles. The van der Waals surface area contributed by atoms with E-state index in [1.54, 1.807) is 0 Å². The molecular formula is C12H13BrN4S. The van der Waals surface area contributed by atoms with E-state index in [1.165, 1.54) is 5.56 Å². The number of allylic oxidation sites excluding steroid dienone is 1. The van der Waals surface area contributed by atoms with Crippen LogP contribution in [0.5, 0.6) is 0 Å². The van der Waals surface area contributed by atoms with Crippen molar-refractivity contribution < 1.29 is 0 Å². The van der Waals surface area contributed by atoms with Gasteiger partial charge in [-0.15, -0.1) is 17.0 Å². The van der Waals surface area contributed by atoms with Gasteiger partial charge in [0.2, 0.25) is 0 Å². The third-order valence-corrected chi connectivity index (χ3v) is 3.24. The zero-order chi connectivity index (χ0) is 12.3. The van der Waals surface area contributed by atoms with E-state index in [2.05, 4.69) is 17.5 Å². The van der Waals surface area contributed by atoms with Crippen LogP contribution in [0.15, 0.2) is 29.2 Å². The van der Waals surface area contributed by atoms with Crippen molar-refractivity contribution in [2.45, 2.75) is 6.42 Å². The number of benzene rings is 1. The zero-order valence-electron chi connectivity index (χ0n) is 9.56. The van der Waals surface area contributed by atoms with E-state index in [0.717, 1.165) is 36.0 Å². The molecular weight excluding hydrogens is 312 g/mol. The molecule has 1 aromatic carbocycles. The van der Waals surface area contributed by atoms with Crippen LogP contribution in [0.3, 0.4) is 0 Å². The maximum Gasteiger partial charge on any atom is 0.156 e. The fourth-order valence-corrected chi connectivity index (χ4v) is 2.39. The lowest BCUT2D eigenvalue weighted by atomic mass is 9.98. The summed E-state index contributed by atoms with van der Waals surface area (Å²) in [5.41, 5.74) is 8.37. The molecule has 4 N–H and O–H groups in total. The Morgan fingerprint density at radius 3 is 2.83 bits per heavy atom. The largest absolute Gasteiger partial charge is 0.383 e. The topological polar surface area (TPSA) is 85.7 Å². The van der Waals surface area contributed by atoms with Crippen molar-refractivity contribution in [3.05, 3.63) is 40.3 Å². The fraction of sp³-hybridized carbons (Fsp3) is 0.167. The van der Waals surface area contributed by atoms with E-state index >= 15 is 0 Å². The molecule has 0 saturated heterocycles. The van der Waals surface area contributed by atoms with E-state index in [1.807, 2.05) is 18.2 Å². The second kappa shape index (κ2) is 6.47. The van der Waals surface area contributed by atoms with Gasteiger partial charge in [0, 0.05) is 12.1 Å². The molecule has 1 aromatic rings. The number of thioether (sulfide) groups is 1. The van der Waals surface area contributed by atoms with Crippen LogP contribution in [0.1, 0.15) is 11.1 Å². The Kier molecular flexibility index (Phi) is 5.25. The van der Waals surface area contributed by atoms with E-state index in [9.17, 15) is 0 Å². The molecule has 0 atom stereocenters. The van der Waals surface area contributed by atoms with Gasteiger partial charge in [-0.05, 0) is 23.7 Å². The lowest BCUT2D eigenvalue weighted by Gasteiger charge is -2.21. The van der Waals surface area contributed by atoms with Crippen molar-refractivity contribution >= 4 is 39.6 Å². The molecule has 18 heavy (non-hydrogen) atoms. The number of amidine groups is 1. The van der Waals surface area contributed by atoms with Gasteiger partial charge in [-0.2, -0.15) is 5.26 Å². The monoisotopic (exact) mass is 324 g/mol. The number of nitrogens with one attached hydrogen (secondary N) is 2. The fourth-order valence-electron chi connectivity index (χ4n) is 1.84. The van der Waals surface area contributed by atoms with E-state index < -0.39 is 0 Å². The minimum Gasteiger partial charge on any atom is -0.383 e. The van der Waals surface area contributed by atoms with Gasteiger partial charge in [0.15, 0.2) is 5.17 Å². The van der Waals surface area contributed by atoms with Crippen molar-refractivity contribution in [3.63, 3.8) is 0 Å². The number of nitrogens with zero attached hydrogens (tertiary/aromatic N) is 1. The summed E-state index contributed by atoms with van der Waals surface area (Å²) in [5, 5.41) is 19.5.